The second-order valence-electron chi connectivity index (χ2n) is 5.89. The Labute approximate surface area is 158 Å². The Morgan fingerprint density at radius 1 is 1.26 bits per heavy atom. The number of pyridine rings is 2. The van der Waals surface area contributed by atoms with Crippen molar-refractivity contribution in [3.63, 3.8) is 0 Å². The van der Waals surface area contributed by atoms with Crippen LogP contribution in [-0.2, 0) is 4.79 Å². The van der Waals surface area contributed by atoms with Gasteiger partial charge in [0.1, 0.15) is 11.3 Å². The van der Waals surface area contributed by atoms with Crippen LogP contribution in [0.5, 0.6) is 5.88 Å². The number of amides is 2. The normalized spacial score (nSPS) is 15.6. The average molecular weight is 381 g/mol. The van der Waals surface area contributed by atoms with E-state index in [1.165, 1.54) is 0 Å². The smallest absolute Gasteiger partial charge is 0.290 e. The Kier molecular flexibility index (Phi) is 4.41. The van der Waals surface area contributed by atoms with E-state index >= 15 is 0 Å². The van der Waals surface area contributed by atoms with Crippen molar-refractivity contribution in [2.45, 2.75) is 13.8 Å². The largest absolute Gasteiger partial charge is 0.478 e. The van der Waals surface area contributed by atoms with E-state index in [1.54, 1.807) is 30.7 Å². The number of carbonyl (C=O) groups excluding carboxylic acids is 2. The molecule has 8 heteroatoms. The third kappa shape index (κ3) is 3.31. The number of fused-ring (bicyclic) bond motifs is 1. The number of thioether (sulfide) groups is 1. The van der Waals surface area contributed by atoms with Crippen LogP contribution in [0, 0.1) is 6.92 Å². The van der Waals surface area contributed by atoms with Crippen molar-refractivity contribution in [1.29, 1.82) is 0 Å². The molecule has 136 valence electrons. The van der Waals surface area contributed by atoms with E-state index in [4.69, 9.17) is 9.15 Å². The van der Waals surface area contributed by atoms with E-state index in [0.717, 1.165) is 33.8 Å². The topological polar surface area (TPSA) is 94.3 Å². The zero-order chi connectivity index (χ0) is 19.0. The summed E-state index contributed by atoms with van der Waals surface area (Å²) < 4.78 is 11.4. The number of rotatable bonds is 4. The highest BCUT2D eigenvalue weighted by atomic mass is 32.2. The van der Waals surface area contributed by atoms with Crippen LogP contribution in [-0.4, -0.2) is 27.7 Å². The van der Waals surface area contributed by atoms with Gasteiger partial charge in [0.25, 0.3) is 11.1 Å². The van der Waals surface area contributed by atoms with Crippen molar-refractivity contribution in [2.75, 3.05) is 6.61 Å². The van der Waals surface area contributed by atoms with Gasteiger partial charge in [-0.2, -0.15) is 0 Å². The van der Waals surface area contributed by atoms with Gasteiger partial charge >= 0.3 is 0 Å². The fourth-order valence-corrected chi connectivity index (χ4v) is 3.47. The Morgan fingerprint density at radius 2 is 2.11 bits per heavy atom. The molecular formula is C19H15N3O4S. The first-order valence-corrected chi connectivity index (χ1v) is 9.09. The lowest BCUT2D eigenvalue weighted by Crippen LogP contribution is -2.17. The second-order valence-corrected chi connectivity index (χ2v) is 6.90. The standard InChI is InChI=1S/C19H15N3O4S/c1-3-25-18-10(2)4-11(8-21-18)14-9-20-7-12-5-13(26-16(12)14)6-15-17(23)22-19(24)27-15/h4-9H,3H2,1-2H3,(H,22,23,24). The first kappa shape index (κ1) is 17.3. The molecule has 1 aliphatic rings. The van der Waals surface area contributed by atoms with Crippen molar-refractivity contribution in [3.8, 4) is 17.0 Å². The summed E-state index contributed by atoms with van der Waals surface area (Å²) in [5.41, 5.74) is 3.19. The van der Waals surface area contributed by atoms with Crippen molar-refractivity contribution in [1.82, 2.24) is 15.3 Å². The summed E-state index contributed by atoms with van der Waals surface area (Å²) in [4.78, 5) is 32.0. The SMILES string of the molecule is CCOc1ncc(-c2cncc3cc(C=C4SC(=O)NC4=O)oc23)cc1C. The molecule has 0 radical (unpaired) electrons. The molecule has 4 heterocycles. The van der Waals surface area contributed by atoms with E-state index in [9.17, 15) is 9.59 Å². The molecular weight excluding hydrogens is 366 g/mol. The zero-order valence-electron chi connectivity index (χ0n) is 14.6. The number of carbonyl (C=O) groups is 2. The van der Waals surface area contributed by atoms with Crippen LogP contribution in [0.1, 0.15) is 18.2 Å². The minimum Gasteiger partial charge on any atom is -0.478 e. The highest BCUT2D eigenvalue weighted by Crippen LogP contribution is 2.33. The van der Waals surface area contributed by atoms with Gasteiger partial charge in [0.15, 0.2) is 0 Å². The van der Waals surface area contributed by atoms with Gasteiger partial charge in [-0.3, -0.25) is 19.9 Å². The first-order valence-electron chi connectivity index (χ1n) is 8.27. The van der Waals surface area contributed by atoms with Gasteiger partial charge in [0.2, 0.25) is 5.88 Å². The van der Waals surface area contributed by atoms with Gasteiger partial charge in [-0.05, 0) is 37.7 Å². The predicted molar refractivity (Wildman–Crippen MR) is 102 cm³/mol. The molecule has 0 aliphatic carbocycles. The summed E-state index contributed by atoms with van der Waals surface area (Å²) in [5, 5.41) is 2.63. The molecule has 0 unspecified atom stereocenters. The molecule has 0 aromatic carbocycles. The quantitative estimate of drug-likeness (QED) is 0.685. The highest BCUT2D eigenvalue weighted by Gasteiger charge is 2.25. The molecule has 0 atom stereocenters. The summed E-state index contributed by atoms with van der Waals surface area (Å²) in [6, 6.07) is 3.75. The number of furan rings is 1. The molecule has 1 aliphatic heterocycles. The van der Waals surface area contributed by atoms with Gasteiger partial charge in [0.05, 0.1) is 11.5 Å². The monoisotopic (exact) mass is 381 g/mol. The molecule has 27 heavy (non-hydrogen) atoms. The number of aryl methyl sites for hydroxylation is 1. The Balaban J connectivity index is 1.76. The molecule has 4 rings (SSSR count). The van der Waals surface area contributed by atoms with Gasteiger partial charge in [-0.1, -0.05) is 0 Å². The first-order chi connectivity index (χ1) is 13.0. The van der Waals surface area contributed by atoms with Crippen molar-refractivity contribution in [3.05, 3.63) is 47.0 Å². The molecule has 1 N–H and O–H groups in total. The van der Waals surface area contributed by atoms with Crippen LogP contribution in [0.15, 0.2) is 40.0 Å². The number of hydrogen-bond acceptors (Lipinski definition) is 7. The lowest BCUT2D eigenvalue weighted by Gasteiger charge is -2.08. The minimum atomic E-state index is -0.421. The molecule has 1 fully saturated rings. The Hall–Kier alpha value is -3.13. The van der Waals surface area contributed by atoms with Crippen LogP contribution in [0.25, 0.3) is 28.2 Å². The van der Waals surface area contributed by atoms with Crippen LogP contribution in [0.2, 0.25) is 0 Å². The van der Waals surface area contributed by atoms with Crippen molar-refractivity contribution >= 4 is 40.0 Å². The summed E-state index contributed by atoms with van der Waals surface area (Å²) >= 11 is 0.849. The van der Waals surface area contributed by atoms with Gasteiger partial charge in [0, 0.05) is 46.7 Å². The molecule has 1 saturated heterocycles. The maximum atomic E-state index is 11.7. The maximum Gasteiger partial charge on any atom is 0.290 e. The molecule has 0 saturated carbocycles. The number of ether oxygens (including phenoxy) is 1. The number of aromatic nitrogens is 2. The van der Waals surface area contributed by atoms with E-state index in [2.05, 4.69) is 15.3 Å². The molecule has 0 bridgehead atoms. The Bertz CT molecular complexity index is 1100. The third-order valence-corrected chi connectivity index (χ3v) is 4.79. The predicted octanol–water partition coefficient (Wildman–Crippen LogP) is 3.92. The molecule has 7 nitrogen and oxygen atoms in total. The van der Waals surface area contributed by atoms with Crippen LogP contribution in [0.3, 0.4) is 0 Å². The second kappa shape index (κ2) is 6.88. The van der Waals surface area contributed by atoms with E-state index < -0.39 is 5.91 Å². The fourth-order valence-electron chi connectivity index (χ4n) is 2.81. The lowest BCUT2D eigenvalue weighted by molar-refractivity contribution is -0.115. The van der Waals surface area contributed by atoms with E-state index in [-0.39, 0.29) is 5.24 Å². The summed E-state index contributed by atoms with van der Waals surface area (Å²) in [5.74, 6) is 0.651. The van der Waals surface area contributed by atoms with Crippen LogP contribution in [0.4, 0.5) is 4.79 Å². The number of nitrogens with one attached hydrogen (secondary N) is 1. The maximum absolute atomic E-state index is 11.7. The van der Waals surface area contributed by atoms with Gasteiger partial charge < -0.3 is 9.15 Å². The van der Waals surface area contributed by atoms with Crippen LogP contribution >= 0.6 is 11.8 Å². The zero-order valence-corrected chi connectivity index (χ0v) is 15.4. The summed E-state index contributed by atoms with van der Waals surface area (Å²) in [7, 11) is 0. The fraction of sp³-hybridized carbons (Fsp3) is 0.158. The minimum absolute atomic E-state index is 0.298. The average Bonchev–Trinajstić information content (AvgIpc) is 3.19. The summed E-state index contributed by atoms with van der Waals surface area (Å²) in [6.07, 6.45) is 6.66. The molecule has 0 spiro atoms. The molecule has 3 aromatic heterocycles. The third-order valence-electron chi connectivity index (χ3n) is 3.98. The van der Waals surface area contributed by atoms with Gasteiger partial charge in [-0.25, -0.2) is 4.98 Å². The lowest BCUT2D eigenvalue weighted by atomic mass is 10.1. The van der Waals surface area contributed by atoms with E-state index in [0.29, 0.717) is 28.7 Å². The van der Waals surface area contributed by atoms with E-state index in [1.807, 2.05) is 19.9 Å². The number of nitrogens with zero attached hydrogens (tertiary/aromatic N) is 2. The van der Waals surface area contributed by atoms with Crippen molar-refractivity contribution < 1.29 is 18.7 Å². The molecule has 3 aromatic rings. The van der Waals surface area contributed by atoms with Crippen molar-refractivity contribution in [2.24, 2.45) is 0 Å². The van der Waals surface area contributed by atoms with Crippen LogP contribution < -0.4 is 10.1 Å². The Morgan fingerprint density at radius 3 is 2.81 bits per heavy atom. The number of imide groups is 1. The summed E-state index contributed by atoms with van der Waals surface area (Å²) in [6.45, 7) is 4.39. The number of hydrogen-bond donors (Lipinski definition) is 1. The highest BCUT2D eigenvalue weighted by molar-refractivity contribution is 8.18. The van der Waals surface area contributed by atoms with Gasteiger partial charge in [-0.15, -0.1) is 0 Å². The molecule has 2 amide bonds.